The lowest BCUT2D eigenvalue weighted by Crippen LogP contribution is -2.35. The van der Waals surface area contributed by atoms with Gasteiger partial charge in [0, 0.05) is 0 Å². The van der Waals surface area contributed by atoms with E-state index in [1.165, 1.54) is 51.4 Å². The standard InChI is InChI=1S/C23H35NO4S/c1-2-3-4-5-6-7-8-9-10-11-12-15-18-29(27,28)19-24-22(25)20-16-13-14-17-21(20)23(24)26/h13-14,16-17H,2-12,15,18-19H2,1H3. The number of hydrogen-bond donors (Lipinski definition) is 0. The van der Waals surface area contributed by atoms with E-state index in [2.05, 4.69) is 6.92 Å². The number of carbonyl (C=O) groups is 2. The maximum atomic E-state index is 12.4. The second-order valence-electron chi connectivity index (χ2n) is 8.05. The van der Waals surface area contributed by atoms with E-state index in [4.69, 9.17) is 0 Å². The molecule has 6 heteroatoms. The van der Waals surface area contributed by atoms with Crippen molar-refractivity contribution in [3.8, 4) is 0 Å². The quantitative estimate of drug-likeness (QED) is 0.282. The molecule has 2 rings (SSSR count). The summed E-state index contributed by atoms with van der Waals surface area (Å²) < 4.78 is 24.7. The summed E-state index contributed by atoms with van der Waals surface area (Å²) in [6, 6.07) is 6.48. The van der Waals surface area contributed by atoms with Gasteiger partial charge in [0.05, 0.1) is 16.9 Å². The molecule has 0 fully saturated rings. The van der Waals surface area contributed by atoms with Crippen molar-refractivity contribution in [2.24, 2.45) is 0 Å². The molecule has 0 unspecified atom stereocenters. The molecule has 0 aliphatic carbocycles. The molecule has 1 heterocycles. The number of fused-ring (bicyclic) bond motifs is 1. The minimum atomic E-state index is -3.48. The van der Waals surface area contributed by atoms with Crippen molar-refractivity contribution in [3.05, 3.63) is 35.4 Å². The Morgan fingerprint density at radius 1 is 0.690 bits per heavy atom. The Kier molecular flexibility index (Phi) is 9.85. The Morgan fingerprint density at radius 3 is 1.55 bits per heavy atom. The predicted molar refractivity (Wildman–Crippen MR) is 117 cm³/mol. The van der Waals surface area contributed by atoms with Crippen LogP contribution < -0.4 is 0 Å². The summed E-state index contributed by atoms with van der Waals surface area (Å²) in [5, 5.41) is 0. The summed E-state index contributed by atoms with van der Waals surface area (Å²) in [6.45, 7) is 2.23. The maximum Gasteiger partial charge on any atom is 0.262 e. The second-order valence-corrected chi connectivity index (χ2v) is 10.2. The van der Waals surface area contributed by atoms with Crippen molar-refractivity contribution in [1.29, 1.82) is 0 Å². The van der Waals surface area contributed by atoms with Gasteiger partial charge in [0.25, 0.3) is 11.8 Å². The number of rotatable bonds is 15. The van der Waals surface area contributed by atoms with Crippen molar-refractivity contribution in [3.63, 3.8) is 0 Å². The van der Waals surface area contributed by atoms with Crippen LogP contribution in [0.15, 0.2) is 24.3 Å². The summed E-state index contributed by atoms with van der Waals surface area (Å²) in [6.07, 6.45) is 14.1. The molecule has 1 aliphatic rings. The number of benzene rings is 1. The Bertz CT molecular complexity index is 738. The highest BCUT2D eigenvalue weighted by Gasteiger charge is 2.37. The van der Waals surface area contributed by atoms with Gasteiger partial charge in [0.2, 0.25) is 0 Å². The largest absolute Gasteiger partial charge is 0.269 e. The fraction of sp³-hybridized carbons (Fsp3) is 0.652. The number of unbranched alkanes of at least 4 members (excludes halogenated alkanes) is 11. The van der Waals surface area contributed by atoms with Gasteiger partial charge in [0.15, 0.2) is 9.84 Å². The van der Waals surface area contributed by atoms with E-state index < -0.39 is 27.5 Å². The summed E-state index contributed by atoms with van der Waals surface area (Å²) in [4.78, 5) is 25.5. The topological polar surface area (TPSA) is 71.5 Å². The number of amides is 2. The summed E-state index contributed by atoms with van der Waals surface area (Å²) in [5.41, 5.74) is 0.580. The molecule has 0 aromatic heterocycles. The van der Waals surface area contributed by atoms with Crippen molar-refractivity contribution in [1.82, 2.24) is 4.90 Å². The first-order valence-electron chi connectivity index (χ1n) is 11.1. The molecular weight excluding hydrogens is 386 g/mol. The number of imide groups is 1. The van der Waals surface area contributed by atoms with Crippen molar-refractivity contribution in [2.45, 2.75) is 84.0 Å². The van der Waals surface area contributed by atoms with Crippen LogP contribution >= 0.6 is 0 Å². The van der Waals surface area contributed by atoms with Crippen molar-refractivity contribution < 1.29 is 18.0 Å². The molecule has 0 radical (unpaired) electrons. The average Bonchev–Trinajstić information content (AvgIpc) is 2.93. The minimum absolute atomic E-state index is 0.0256. The summed E-state index contributed by atoms with van der Waals surface area (Å²) >= 11 is 0. The molecule has 0 atom stereocenters. The van der Waals surface area contributed by atoms with E-state index in [1.54, 1.807) is 24.3 Å². The molecule has 0 saturated heterocycles. The Balaban J connectivity index is 1.58. The normalized spacial score (nSPS) is 13.9. The first-order valence-corrected chi connectivity index (χ1v) is 12.9. The van der Waals surface area contributed by atoms with Gasteiger partial charge in [0.1, 0.15) is 5.88 Å². The lowest BCUT2D eigenvalue weighted by atomic mass is 10.1. The van der Waals surface area contributed by atoms with Gasteiger partial charge in [-0.3, -0.25) is 14.5 Å². The molecule has 0 N–H and O–H groups in total. The lowest BCUT2D eigenvalue weighted by molar-refractivity contribution is 0.0680. The molecule has 29 heavy (non-hydrogen) atoms. The van der Waals surface area contributed by atoms with Crippen LogP contribution in [0.2, 0.25) is 0 Å². The van der Waals surface area contributed by atoms with Crippen LogP contribution in [0.4, 0.5) is 0 Å². The Hall–Kier alpha value is -1.69. The van der Waals surface area contributed by atoms with Gasteiger partial charge in [-0.1, -0.05) is 89.7 Å². The van der Waals surface area contributed by atoms with Gasteiger partial charge >= 0.3 is 0 Å². The van der Waals surface area contributed by atoms with Crippen LogP contribution in [0.5, 0.6) is 0 Å². The van der Waals surface area contributed by atoms with Crippen LogP contribution in [0, 0.1) is 0 Å². The molecule has 5 nitrogen and oxygen atoms in total. The highest BCUT2D eigenvalue weighted by atomic mass is 32.2. The number of nitrogens with zero attached hydrogens (tertiary/aromatic N) is 1. The van der Waals surface area contributed by atoms with Gasteiger partial charge in [-0.05, 0) is 18.6 Å². The third-order valence-corrected chi connectivity index (χ3v) is 7.08. The molecule has 0 saturated carbocycles. The average molecular weight is 422 g/mol. The first-order chi connectivity index (χ1) is 14.0. The molecule has 1 aromatic carbocycles. The summed E-state index contributed by atoms with van der Waals surface area (Å²) in [5.74, 6) is -1.51. The van der Waals surface area contributed by atoms with E-state index in [1.807, 2.05) is 0 Å². The van der Waals surface area contributed by atoms with Crippen LogP contribution in [0.1, 0.15) is 105 Å². The summed E-state index contributed by atoms with van der Waals surface area (Å²) in [7, 11) is -3.48. The van der Waals surface area contributed by atoms with Crippen LogP contribution in [0.3, 0.4) is 0 Å². The highest BCUT2D eigenvalue weighted by Crippen LogP contribution is 2.23. The zero-order valence-corrected chi connectivity index (χ0v) is 18.5. The minimum Gasteiger partial charge on any atom is -0.269 e. The monoisotopic (exact) mass is 421 g/mol. The lowest BCUT2D eigenvalue weighted by Gasteiger charge is -2.14. The van der Waals surface area contributed by atoms with E-state index in [0.29, 0.717) is 6.42 Å². The van der Waals surface area contributed by atoms with Gasteiger partial charge < -0.3 is 0 Å². The van der Waals surface area contributed by atoms with Crippen LogP contribution in [-0.4, -0.2) is 36.8 Å². The molecular formula is C23H35NO4S. The third-order valence-electron chi connectivity index (χ3n) is 5.51. The van der Waals surface area contributed by atoms with Crippen LogP contribution in [-0.2, 0) is 9.84 Å². The number of sulfone groups is 1. The molecule has 0 bridgehead atoms. The van der Waals surface area contributed by atoms with Gasteiger partial charge in [-0.2, -0.15) is 0 Å². The molecule has 2 amide bonds. The maximum absolute atomic E-state index is 12.4. The smallest absolute Gasteiger partial charge is 0.262 e. The zero-order valence-electron chi connectivity index (χ0n) is 17.7. The fourth-order valence-electron chi connectivity index (χ4n) is 3.78. The molecule has 162 valence electrons. The van der Waals surface area contributed by atoms with E-state index >= 15 is 0 Å². The van der Waals surface area contributed by atoms with Gasteiger partial charge in [-0.25, -0.2) is 8.42 Å². The van der Waals surface area contributed by atoms with Crippen LogP contribution in [0.25, 0.3) is 0 Å². The van der Waals surface area contributed by atoms with E-state index in [9.17, 15) is 18.0 Å². The molecule has 1 aromatic rings. The van der Waals surface area contributed by atoms with Crippen molar-refractivity contribution >= 4 is 21.7 Å². The second kappa shape index (κ2) is 12.1. The zero-order chi connectivity index (χ0) is 21.1. The Labute approximate surface area is 175 Å². The van der Waals surface area contributed by atoms with Gasteiger partial charge in [-0.15, -0.1) is 0 Å². The molecule has 1 aliphatic heterocycles. The van der Waals surface area contributed by atoms with E-state index in [0.717, 1.165) is 24.2 Å². The number of carbonyl (C=O) groups excluding carboxylic acids is 2. The fourth-order valence-corrected chi connectivity index (χ4v) is 5.18. The Morgan fingerprint density at radius 2 is 1.10 bits per heavy atom. The van der Waals surface area contributed by atoms with Crippen molar-refractivity contribution in [2.75, 3.05) is 11.6 Å². The SMILES string of the molecule is CCCCCCCCCCCCCCS(=O)(=O)CN1C(=O)c2ccccc2C1=O. The highest BCUT2D eigenvalue weighted by molar-refractivity contribution is 7.91. The van der Waals surface area contributed by atoms with E-state index in [-0.39, 0.29) is 16.9 Å². The first kappa shape index (κ1) is 23.6. The number of hydrogen-bond acceptors (Lipinski definition) is 4. The third kappa shape index (κ3) is 7.57. The molecule has 0 spiro atoms. The predicted octanol–water partition coefficient (Wildman–Crippen LogP) is 5.36.